The molecule has 0 aliphatic rings. The standard InChI is InChI=1S/C24H34N4O/c1-8-18(14-29-7)28-13-17(6)23-21(28)12-16(5)22(27-23)19-10-11-20(15(3)4)26-24(19)25-9-2/h10-13,15,18H,8-9,14H2,1-7H3,(H,25,26)/t18-/m1/s1. The highest BCUT2D eigenvalue weighted by Gasteiger charge is 2.19. The van der Waals surface area contributed by atoms with Crippen molar-refractivity contribution in [1.82, 2.24) is 14.5 Å². The molecule has 3 rings (SSSR count). The van der Waals surface area contributed by atoms with Crippen molar-refractivity contribution < 1.29 is 4.74 Å². The molecule has 1 atom stereocenters. The minimum Gasteiger partial charge on any atom is -0.383 e. The highest BCUT2D eigenvalue weighted by Crippen LogP contribution is 2.33. The fraction of sp³-hybridized carbons (Fsp3) is 0.500. The third-order valence-corrected chi connectivity index (χ3v) is 5.51. The Morgan fingerprint density at radius 2 is 1.86 bits per heavy atom. The van der Waals surface area contributed by atoms with Crippen LogP contribution in [-0.4, -0.2) is 34.8 Å². The number of aromatic nitrogens is 3. The molecule has 0 aliphatic heterocycles. The van der Waals surface area contributed by atoms with Crippen LogP contribution in [0.5, 0.6) is 0 Å². The number of rotatable bonds is 8. The summed E-state index contributed by atoms with van der Waals surface area (Å²) in [6.07, 6.45) is 3.22. The zero-order valence-electron chi connectivity index (χ0n) is 18.8. The lowest BCUT2D eigenvalue weighted by Crippen LogP contribution is -2.13. The highest BCUT2D eigenvalue weighted by molar-refractivity contribution is 5.86. The fourth-order valence-corrected chi connectivity index (χ4v) is 3.88. The van der Waals surface area contributed by atoms with Gasteiger partial charge in [0.15, 0.2) is 0 Å². The third-order valence-electron chi connectivity index (χ3n) is 5.51. The quantitative estimate of drug-likeness (QED) is 0.519. The molecule has 0 saturated carbocycles. The maximum atomic E-state index is 5.45. The van der Waals surface area contributed by atoms with E-state index in [4.69, 9.17) is 14.7 Å². The summed E-state index contributed by atoms with van der Waals surface area (Å²) in [6, 6.07) is 6.85. The van der Waals surface area contributed by atoms with E-state index in [-0.39, 0.29) is 0 Å². The number of fused-ring (bicyclic) bond motifs is 1. The van der Waals surface area contributed by atoms with Crippen LogP contribution in [0.15, 0.2) is 24.4 Å². The lowest BCUT2D eigenvalue weighted by Gasteiger charge is -2.18. The van der Waals surface area contributed by atoms with Crippen molar-refractivity contribution in [2.45, 2.75) is 59.9 Å². The average Bonchev–Trinajstić information content (AvgIpc) is 3.01. The van der Waals surface area contributed by atoms with E-state index < -0.39 is 0 Å². The Bertz CT molecular complexity index is 990. The van der Waals surface area contributed by atoms with Gasteiger partial charge in [0.05, 0.1) is 29.4 Å². The number of methoxy groups -OCH3 is 1. The van der Waals surface area contributed by atoms with E-state index in [1.54, 1.807) is 7.11 Å². The minimum absolute atomic E-state index is 0.313. The Morgan fingerprint density at radius 1 is 1.10 bits per heavy atom. The van der Waals surface area contributed by atoms with Gasteiger partial charge in [0.1, 0.15) is 5.82 Å². The maximum Gasteiger partial charge on any atom is 0.135 e. The summed E-state index contributed by atoms with van der Waals surface area (Å²) in [6.45, 7) is 14.4. The first-order valence-corrected chi connectivity index (χ1v) is 10.6. The molecule has 3 aromatic heterocycles. The van der Waals surface area contributed by atoms with Crippen LogP contribution >= 0.6 is 0 Å². The van der Waals surface area contributed by atoms with E-state index in [2.05, 4.69) is 75.8 Å². The van der Waals surface area contributed by atoms with Crippen molar-refractivity contribution in [3.63, 3.8) is 0 Å². The predicted molar refractivity (Wildman–Crippen MR) is 122 cm³/mol. The molecule has 0 aromatic carbocycles. The maximum absolute atomic E-state index is 5.45. The minimum atomic E-state index is 0.313. The number of hydrogen-bond donors (Lipinski definition) is 1. The van der Waals surface area contributed by atoms with E-state index in [9.17, 15) is 0 Å². The smallest absolute Gasteiger partial charge is 0.135 e. The topological polar surface area (TPSA) is 52.0 Å². The number of hydrogen-bond acceptors (Lipinski definition) is 4. The van der Waals surface area contributed by atoms with E-state index in [1.165, 1.54) is 11.1 Å². The molecule has 5 nitrogen and oxygen atoms in total. The van der Waals surface area contributed by atoms with Gasteiger partial charge in [-0.2, -0.15) is 0 Å². The molecule has 0 aliphatic carbocycles. The van der Waals surface area contributed by atoms with Gasteiger partial charge < -0.3 is 14.6 Å². The SMILES string of the molecule is CCNc1nc(C(C)C)ccc1-c1nc2c(C)cn([C@H](CC)COC)c2cc1C. The van der Waals surface area contributed by atoms with E-state index in [1.807, 2.05) is 0 Å². The molecule has 5 heteroatoms. The molecule has 3 heterocycles. The average molecular weight is 395 g/mol. The van der Waals surface area contributed by atoms with Crippen LogP contribution in [0.2, 0.25) is 0 Å². The van der Waals surface area contributed by atoms with E-state index in [0.717, 1.165) is 46.8 Å². The molecule has 0 radical (unpaired) electrons. The molecular formula is C24H34N4O. The van der Waals surface area contributed by atoms with Crippen LogP contribution < -0.4 is 5.32 Å². The Morgan fingerprint density at radius 3 is 2.48 bits per heavy atom. The highest BCUT2D eigenvalue weighted by atomic mass is 16.5. The van der Waals surface area contributed by atoms with Crippen molar-refractivity contribution >= 4 is 16.9 Å². The number of nitrogens with zero attached hydrogens (tertiary/aromatic N) is 3. The van der Waals surface area contributed by atoms with E-state index in [0.29, 0.717) is 18.6 Å². The molecule has 0 fully saturated rings. The van der Waals surface area contributed by atoms with Crippen molar-refractivity contribution in [2.24, 2.45) is 0 Å². The lowest BCUT2D eigenvalue weighted by atomic mass is 10.0. The molecule has 0 unspecified atom stereocenters. The first-order chi connectivity index (χ1) is 13.9. The number of aryl methyl sites for hydroxylation is 2. The second-order valence-electron chi connectivity index (χ2n) is 8.08. The van der Waals surface area contributed by atoms with Crippen molar-refractivity contribution in [1.29, 1.82) is 0 Å². The van der Waals surface area contributed by atoms with Crippen molar-refractivity contribution in [3.8, 4) is 11.3 Å². The van der Waals surface area contributed by atoms with Gasteiger partial charge in [-0.1, -0.05) is 20.8 Å². The zero-order chi connectivity index (χ0) is 21.1. The van der Waals surface area contributed by atoms with Gasteiger partial charge in [-0.15, -0.1) is 0 Å². The van der Waals surface area contributed by atoms with Crippen LogP contribution in [0.25, 0.3) is 22.3 Å². The summed E-state index contributed by atoms with van der Waals surface area (Å²) in [5.41, 5.74) is 7.72. The van der Waals surface area contributed by atoms with Gasteiger partial charge in [0.2, 0.25) is 0 Å². The van der Waals surface area contributed by atoms with E-state index >= 15 is 0 Å². The van der Waals surface area contributed by atoms with Gasteiger partial charge in [-0.25, -0.2) is 9.97 Å². The molecule has 29 heavy (non-hydrogen) atoms. The number of anilines is 1. The van der Waals surface area contributed by atoms with Gasteiger partial charge in [-0.05, 0) is 62.4 Å². The summed E-state index contributed by atoms with van der Waals surface area (Å²) < 4.78 is 7.77. The Hall–Kier alpha value is -2.40. The summed E-state index contributed by atoms with van der Waals surface area (Å²) in [7, 11) is 1.76. The second kappa shape index (κ2) is 8.95. The second-order valence-corrected chi connectivity index (χ2v) is 8.08. The molecule has 0 saturated heterocycles. The summed E-state index contributed by atoms with van der Waals surface area (Å²) in [5, 5.41) is 3.44. The van der Waals surface area contributed by atoms with Crippen LogP contribution in [0, 0.1) is 13.8 Å². The molecular weight excluding hydrogens is 360 g/mol. The molecule has 0 spiro atoms. The first kappa shape index (κ1) is 21.3. The predicted octanol–water partition coefficient (Wildman–Crippen LogP) is 5.87. The van der Waals surface area contributed by atoms with Crippen LogP contribution in [-0.2, 0) is 4.74 Å². The van der Waals surface area contributed by atoms with Crippen LogP contribution in [0.3, 0.4) is 0 Å². The van der Waals surface area contributed by atoms with Crippen molar-refractivity contribution in [2.75, 3.05) is 25.6 Å². The molecule has 1 N–H and O–H groups in total. The normalized spacial score (nSPS) is 12.7. The Labute approximate surface area is 174 Å². The Balaban J connectivity index is 2.17. The number of pyridine rings is 2. The van der Waals surface area contributed by atoms with Gasteiger partial charge >= 0.3 is 0 Å². The molecule has 0 amide bonds. The molecule has 156 valence electrons. The first-order valence-electron chi connectivity index (χ1n) is 10.6. The van der Waals surface area contributed by atoms with Crippen molar-refractivity contribution in [3.05, 3.63) is 41.2 Å². The fourth-order valence-electron chi connectivity index (χ4n) is 3.88. The molecule has 3 aromatic rings. The molecule has 0 bridgehead atoms. The summed E-state index contributed by atoms with van der Waals surface area (Å²) >= 11 is 0. The number of ether oxygens (including phenoxy) is 1. The third kappa shape index (κ3) is 4.15. The zero-order valence-corrected chi connectivity index (χ0v) is 18.8. The van der Waals surface area contributed by atoms with Gasteiger partial charge in [0, 0.05) is 31.1 Å². The summed E-state index contributed by atoms with van der Waals surface area (Å²) in [4.78, 5) is 10.00. The number of nitrogens with one attached hydrogen (secondary N) is 1. The van der Waals surface area contributed by atoms with Crippen LogP contribution in [0.4, 0.5) is 5.82 Å². The van der Waals surface area contributed by atoms with Gasteiger partial charge in [0.25, 0.3) is 0 Å². The lowest BCUT2D eigenvalue weighted by molar-refractivity contribution is 0.155. The van der Waals surface area contributed by atoms with Gasteiger partial charge in [-0.3, -0.25) is 0 Å². The monoisotopic (exact) mass is 394 g/mol. The largest absolute Gasteiger partial charge is 0.383 e. The summed E-state index contributed by atoms with van der Waals surface area (Å²) in [5.74, 6) is 1.30. The Kier molecular flexibility index (Phi) is 6.58. The van der Waals surface area contributed by atoms with Crippen LogP contribution in [0.1, 0.15) is 62.9 Å².